The summed E-state index contributed by atoms with van der Waals surface area (Å²) in [6.07, 6.45) is 1.90. The van der Waals surface area contributed by atoms with Crippen LogP contribution in [0.5, 0.6) is 0 Å². The highest BCUT2D eigenvalue weighted by Crippen LogP contribution is 2.18. The highest BCUT2D eigenvalue weighted by molar-refractivity contribution is 14.1. The molecule has 102 valence electrons. The fourth-order valence-corrected chi connectivity index (χ4v) is 3.22. The van der Waals surface area contributed by atoms with Gasteiger partial charge in [0, 0.05) is 22.2 Å². The molecule has 0 spiro atoms. The number of nitrogens with zero attached hydrogens (tertiary/aromatic N) is 1. The van der Waals surface area contributed by atoms with E-state index in [0.717, 1.165) is 35.1 Å². The lowest BCUT2D eigenvalue weighted by atomic mass is 10.0. The maximum Gasteiger partial charge on any atom is 0.253 e. The maximum atomic E-state index is 12.6. The molecule has 2 aromatic rings. The molecule has 0 saturated heterocycles. The van der Waals surface area contributed by atoms with Crippen LogP contribution in [0.4, 0.5) is 0 Å². The van der Waals surface area contributed by atoms with Gasteiger partial charge in [0.2, 0.25) is 0 Å². The van der Waals surface area contributed by atoms with E-state index in [9.17, 15) is 4.79 Å². The smallest absolute Gasteiger partial charge is 0.253 e. The second-order valence-corrected chi connectivity index (χ2v) is 6.32. The van der Waals surface area contributed by atoms with Gasteiger partial charge in [0.15, 0.2) is 0 Å². The van der Waals surface area contributed by atoms with Crippen LogP contribution in [0.2, 0.25) is 0 Å². The third-order valence-corrected chi connectivity index (χ3v) is 4.45. The van der Waals surface area contributed by atoms with E-state index in [1.54, 1.807) is 0 Å². The van der Waals surface area contributed by atoms with Gasteiger partial charge in [0.1, 0.15) is 0 Å². The van der Waals surface area contributed by atoms with Crippen LogP contribution in [0, 0.1) is 3.57 Å². The quantitative estimate of drug-likeness (QED) is 0.697. The summed E-state index contributed by atoms with van der Waals surface area (Å²) >= 11 is 2.25. The van der Waals surface area contributed by atoms with E-state index in [1.165, 1.54) is 11.1 Å². The number of carbonyl (C=O) groups is 1. The molecule has 0 N–H and O–H groups in total. The van der Waals surface area contributed by atoms with E-state index in [1.807, 2.05) is 29.2 Å². The number of fused-ring (bicyclic) bond motifs is 1. The summed E-state index contributed by atoms with van der Waals surface area (Å²) in [5, 5.41) is 0. The van der Waals surface area contributed by atoms with E-state index in [-0.39, 0.29) is 5.91 Å². The molecule has 0 atom stereocenters. The van der Waals surface area contributed by atoms with Crippen LogP contribution in [-0.2, 0) is 12.8 Å². The second kappa shape index (κ2) is 5.95. The van der Waals surface area contributed by atoms with Crippen molar-refractivity contribution >= 4 is 28.5 Å². The predicted molar refractivity (Wildman–Crippen MR) is 88.9 cm³/mol. The SMILES string of the molecule is O=C(c1cccc(I)c1)N1CCc2ccccc2CC1. The Balaban J connectivity index is 1.78. The first-order chi connectivity index (χ1) is 9.74. The van der Waals surface area contributed by atoms with Crippen molar-refractivity contribution in [3.63, 3.8) is 0 Å². The first kappa shape index (κ1) is 13.6. The number of hydrogen-bond donors (Lipinski definition) is 0. The summed E-state index contributed by atoms with van der Waals surface area (Å²) in [4.78, 5) is 14.6. The van der Waals surface area contributed by atoms with Gasteiger partial charge in [-0.15, -0.1) is 0 Å². The Bertz CT molecular complexity index is 611. The molecule has 1 aliphatic rings. The fourth-order valence-electron chi connectivity index (χ4n) is 2.68. The Hall–Kier alpha value is -1.36. The largest absolute Gasteiger partial charge is 0.338 e. The first-order valence-electron chi connectivity index (χ1n) is 6.85. The van der Waals surface area contributed by atoms with Gasteiger partial charge in [-0.1, -0.05) is 30.3 Å². The van der Waals surface area contributed by atoms with Gasteiger partial charge in [0.05, 0.1) is 0 Å². The summed E-state index contributed by atoms with van der Waals surface area (Å²) < 4.78 is 1.10. The Labute approximate surface area is 132 Å². The minimum absolute atomic E-state index is 0.149. The topological polar surface area (TPSA) is 20.3 Å². The van der Waals surface area contributed by atoms with Crippen molar-refractivity contribution in [1.82, 2.24) is 4.90 Å². The Morgan fingerprint density at radius 3 is 2.20 bits per heavy atom. The number of rotatable bonds is 1. The van der Waals surface area contributed by atoms with Crippen LogP contribution < -0.4 is 0 Å². The van der Waals surface area contributed by atoms with Crippen molar-refractivity contribution in [2.45, 2.75) is 12.8 Å². The molecular weight excluding hydrogens is 361 g/mol. The van der Waals surface area contributed by atoms with Gasteiger partial charge in [-0.3, -0.25) is 4.79 Å². The minimum Gasteiger partial charge on any atom is -0.338 e. The lowest BCUT2D eigenvalue weighted by Crippen LogP contribution is -2.33. The molecule has 0 saturated carbocycles. The zero-order valence-electron chi connectivity index (χ0n) is 11.2. The molecule has 3 heteroatoms. The van der Waals surface area contributed by atoms with Crippen molar-refractivity contribution in [2.24, 2.45) is 0 Å². The minimum atomic E-state index is 0.149. The summed E-state index contributed by atoms with van der Waals surface area (Å²) in [5.41, 5.74) is 3.55. The van der Waals surface area contributed by atoms with E-state index >= 15 is 0 Å². The van der Waals surface area contributed by atoms with Crippen LogP contribution in [0.1, 0.15) is 21.5 Å². The molecule has 3 rings (SSSR count). The summed E-state index contributed by atoms with van der Waals surface area (Å²) in [6.45, 7) is 1.61. The summed E-state index contributed by atoms with van der Waals surface area (Å²) in [6, 6.07) is 16.3. The van der Waals surface area contributed by atoms with Crippen molar-refractivity contribution in [2.75, 3.05) is 13.1 Å². The van der Waals surface area contributed by atoms with Gasteiger partial charge >= 0.3 is 0 Å². The third kappa shape index (κ3) is 2.87. The molecule has 1 amide bonds. The monoisotopic (exact) mass is 377 g/mol. The first-order valence-corrected chi connectivity index (χ1v) is 7.93. The lowest BCUT2D eigenvalue weighted by molar-refractivity contribution is 0.0763. The van der Waals surface area contributed by atoms with Crippen LogP contribution >= 0.6 is 22.6 Å². The second-order valence-electron chi connectivity index (χ2n) is 5.07. The van der Waals surface area contributed by atoms with E-state index in [2.05, 4.69) is 46.9 Å². The number of halogens is 1. The Morgan fingerprint density at radius 1 is 0.950 bits per heavy atom. The molecule has 0 aliphatic carbocycles. The highest BCUT2D eigenvalue weighted by Gasteiger charge is 2.19. The fraction of sp³-hybridized carbons (Fsp3) is 0.235. The van der Waals surface area contributed by atoms with Crippen LogP contribution in [-0.4, -0.2) is 23.9 Å². The maximum absolute atomic E-state index is 12.6. The van der Waals surface area contributed by atoms with Gasteiger partial charge < -0.3 is 4.90 Å². The van der Waals surface area contributed by atoms with Gasteiger partial charge in [-0.25, -0.2) is 0 Å². The Morgan fingerprint density at radius 2 is 1.60 bits per heavy atom. The molecule has 2 aromatic carbocycles. The van der Waals surface area contributed by atoms with Crippen molar-refractivity contribution in [3.05, 3.63) is 68.8 Å². The Kier molecular flexibility index (Phi) is 4.05. The van der Waals surface area contributed by atoms with Crippen LogP contribution in [0.25, 0.3) is 0 Å². The molecule has 2 nitrogen and oxygen atoms in total. The average Bonchev–Trinajstić information content (AvgIpc) is 2.69. The zero-order chi connectivity index (χ0) is 13.9. The van der Waals surface area contributed by atoms with Crippen molar-refractivity contribution in [1.29, 1.82) is 0 Å². The molecule has 0 fully saturated rings. The number of benzene rings is 2. The normalized spacial score (nSPS) is 14.6. The van der Waals surface area contributed by atoms with Crippen molar-refractivity contribution < 1.29 is 4.79 Å². The van der Waals surface area contributed by atoms with Gasteiger partial charge in [0.25, 0.3) is 5.91 Å². The average molecular weight is 377 g/mol. The standard InChI is InChI=1S/C17H16INO/c18-16-7-3-6-15(12-16)17(20)19-10-8-13-4-1-2-5-14(13)9-11-19/h1-7,12H,8-11H2. The van der Waals surface area contributed by atoms with Gasteiger partial charge in [-0.05, 0) is 64.8 Å². The molecule has 0 aromatic heterocycles. The lowest BCUT2D eigenvalue weighted by Gasteiger charge is -2.20. The van der Waals surface area contributed by atoms with E-state index < -0.39 is 0 Å². The van der Waals surface area contributed by atoms with Crippen molar-refractivity contribution in [3.8, 4) is 0 Å². The summed E-state index contributed by atoms with van der Waals surface area (Å²) in [5.74, 6) is 0.149. The molecule has 0 radical (unpaired) electrons. The van der Waals surface area contributed by atoms with E-state index in [0.29, 0.717) is 0 Å². The van der Waals surface area contributed by atoms with E-state index in [4.69, 9.17) is 0 Å². The molecule has 1 aliphatic heterocycles. The summed E-state index contributed by atoms with van der Waals surface area (Å²) in [7, 11) is 0. The van der Waals surface area contributed by atoms with Gasteiger partial charge in [-0.2, -0.15) is 0 Å². The number of amides is 1. The van der Waals surface area contributed by atoms with Crippen LogP contribution in [0.3, 0.4) is 0 Å². The molecule has 0 bridgehead atoms. The number of hydrogen-bond acceptors (Lipinski definition) is 1. The highest BCUT2D eigenvalue weighted by atomic mass is 127. The number of carbonyl (C=O) groups excluding carboxylic acids is 1. The predicted octanol–water partition coefficient (Wildman–Crippen LogP) is 3.53. The zero-order valence-corrected chi connectivity index (χ0v) is 13.3. The van der Waals surface area contributed by atoms with Crippen LogP contribution in [0.15, 0.2) is 48.5 Å². The molecule has 20 heavy (non-hydrogen) atoms. The third-order valence-electron chi connectivity index (χ3n) is 3.78. The molecule has 0 unspecified atom stereocenters. The molecular formula is C17H16INO. The molecule has 1 heterocycles.